The van der Waals surface area contributed by atoms with Gasteiger partial charge in [0.15, 0.2) is 23.3 Å². The highest BCUT2D eigenvalue weighted by molar-refractivity contribution is 8.18. The second-order valence-electron chi connectivity index (χ2n) is 5.50. The van der Waals surface area contributed by atoms with Gasteiger partial charge in [-0.1, -0.05) is 6.07 Å². The number of amidine groups is 1. The summed E-state index contributed by atoms with van der Waals surface area (Å²) in [5.41, 5.74) is 0.735. The molecule has 1 aromatic carbocycles. The lowest BCUT2D eigenvalue weighted by Gasteiger charge is -2.27. The van der Waals surface area contributed by atoms with E-state index in [-0.39, 0.29) is 5.91 Å². The van der Waals surface area contributed by atoms with E-state index >= 15 is 0 Å². The molecule has 26 heavy (non-hydrogen) atoms. The van der Waals surface area contributed by atoms with Crippen molar-refractivity contribution >= 4 is 34.9 Å². The van der Waals surface area contributed by atoms with Crippen LogP contribution in [0.15, 0.2) is 28.1 Å². The highest BCUT2D eigenvalue weighted by Crippen LogP contribution is 2.33. The zero-order valence-corrected chi connectivity index (χ0v) is 15.0. The minimum atomic E-state index is -1.07. The first kappa shape index (κ1) is 18.3. The third-order valence-corrected chi connectivity index (χ3v) is 4.77. The molecule has 1 fully saturated rings. The number of carboxylic acids is 1. The Kier molecular flexibility index (Phi) is 5.79. The molecule has 1 aromatic rings. The van der Waals surface area contributed by atoms with Gasteiger partial charge in [-0.05, 0) is 35.5 Å². The summed E-state index contributed by atoms with van der Waals surface area (Å²) in [6.45, 7) is 2.23. The largest absolute Gasteiger partial charge is 0.493 e. The molecule has 0 unspecified atom stereocenters. The second-order valence-corrected chi connectivity index (χ2v) is 6.51. The normalized spacial score (nSPS) is 18.8. The van der Waals surface area contributed by atoms with Crippen molar-refractivity contribution in [3.8, 4) is 11.5 Å². The summed E-state index contributed by atoms with van der Waals surface area (Å²) in [7, 11) is 1.47. The van der Waals surface area contributed by atoms with E-state index in [4.69, 9.17) is 19.3 Å². The molecule has 1 amide bonds. The number of carbonyl (C=O) groups excluding carboxylic acids is 1. The number of nitrogens with zero attached hydrogens (tertiary/aromatic N) is 2. The van der Waals surface area contributed by atoms with Crippen molar-refractivity contribution < 1.29 is 28.9 Å². The molecule has 0 aliphatic carbocycles. The Morgan fingerprint density at radius 1 is 1.38 bits per heavy atom. The van der Waals surface area contributed by atoms with Crippen molar-refractivity contribution in [2.75, 3.05) is 40.0 Å². The fraction of sp³-hybridized carbons (Fsp3) is 0.353. The molecule has 0 radical (unpaired) electrons. The summed E-state index contributed by atoms with van der Waals surface area (Å²) in [6, 6.07) is 5.03. The number of morpholine rings is 1. The van der Waals surface area contributed by atoms with Crippen LogP contribution in [0.3, 0.4) is 0 Å². The van der Waals surface area contributed by atoms with Crippen molar-refractivity contribution in [3.05, 3.63) is 28.7 Å². The number of aliphatic imine (C=N–C) groups is 1. The molecule has 8 nitrogen and oxygen atoms in total. The molecule has 2 heterocycles. The highest BCUT2D eigenvalue weighted by Gasteiger charge is 2.27. The van der Waals surface area contributed by atoms with Crippen LogP contribution in [0.5, 0.6) is 11.5 Å². The average molecular weight is 378 g/mol. The smallest absolute Gasteiger partial charge is 0.341 e. The molecule has 2 aliphatic rings. The molecule has 0 bridgehead atoms. The Labute approximate surface area is 154 Å². The van der Waals surface area contributed by atoms with E-state index in [0.717, 1.165) is 18.7 Å². The average Bonchev–Trinajstić information content (AvgIpc) is 3.01. The van der Waals surface area contributed by atoms with Crippen LogP contribution in [-0.4, -0.2) is 67.1 Å². The minimum Gasteiger partial charge on any atom is -0.493 e. The molecule has 9 heteroatoms. The number of hydrogen-bond donors (Lipinski definition) is 1. The molecule has 3 rings (SSSR count). The molecule has 2 aliphatic heterocycles. The van der Waals surface area contributed by atoms with E-state index < -0.39 is 12.6 Å². The number of carbonyl (C=O) groups is 2. The summed E-state index contributed by atoms with van der Waals surface area (Å²) < 4.78 is 15.7. The standard InChI is InChI=1S/C17H18N2O6S/c1-23-13-8-11(2-3-12(13)25-10-15(20)21)9-14-16(22)18-17(26-14)19-4-6-24-7-5-19/h2-3,8-9H,4-7,10H2,1H3,(H,20,21)/b14-9-. The Morgan fingerprint density at radius 3 is 2.85 bits per heavy atom. The number of amides is 1. The Hall–Kier alpha value is -2.52. The van der Waals surface area contributed by atoms with Crippen LogP contribution < -0.4 is 9.47 Å². The number of hydrogen-bond acceptors (Lipinski definition) is 7. The van der Waals surface area contributed by atoms with Crippen molar-refractivity contribution in [3.63, 3.8) is 0 Å². The van der Waals surface area contributed by atoms with Crippen LogP contribution >= 0.6 is 11.8 Å². The molecule has 0 spiro atoms. The van der Waals surface area contributed by atoms with Crippen LogP contribution in [0.1, 0.15) is 5.56 Å². The first-order chi connectivity index (χ1) is 12.6. The monoisotopic (exact) mass is 378 g/mol. The number of methoxy groups -OCH3 is 1. The fourth-order valence-corrected chi connectivity index (χ4v) is 3.44. The number of benzene rings is 1. The van der Waals surface area contributed by atoms with Crippen LogP contribution in [0.2, 0.25) is 0 Å². The van der Waals surface area contributed by atoms with Gasteiger partial charge >= 0.3 is 5.97 Å². The summed E-state index contributed by atoms with van der Waals surface area (Å²) in [5.74, 6) is -0.626. The first-order valence-electron chi connectivity index (χ1n) is 7.94. The molecule has 0 saturated carbocycles. The predicted octanol–water partition coefficient (Wildman–Crippen LogP) is 1.46. The number of carboxylic acid groups (broad SMARTS) is 1. The van der Waals surface area contributed by atoms with Crippen LogP contribution in [0.25, 0.3) is 6.08 Å². The van der Waals surface area contributed by atoms with E-state index in [9.17, 15) is 9.59 Å². The topological polar surface area (TPSA) is 97.7 Å². The van der Waals surface area contributed by atoms with Gasteiger partial charge < -0.3 is 24.2 Å². The lowest BCUT2D eigenvalue weighted by molar-refractivity contribution is -0.139. The summed E-state index contributed by atoms with van der Waals surface area (Å²) >= 11 is 1.33. The summed E-state index contributed by atoms with van der Waals surface area (Å²) in [4.78, 5) is 29.5. The van der Waals surface area contributed by atoms with Gasteiger partial charge in [-0.25, -0.2) is 4.79 Å². The Morgan fingerprint density at radius 2 is 2.15 bits per heavy atom. The molecule has 1 N–H and O–H groups in total. The highest BCUT2D eigenvalue weighted by atomic mass is 32.2. The molecular formula is C17H18N2O6S. The molecule has 0 atom stereocenters. The molecule has 0 aromatic heterocycles. The SMILES string of the molecule is COc1cc(/C=C2\SC(N3CCOCC3)=NC2=O)ccc1OCC(=O)O. The van der Waals surface area contributed by atoms with Crippen LogP contribution in [-0.2, 0) is 14.3 Å². The zero-order chi connectivity index (χ0) is 18.5. The second kappa shape index (κ2) is 8.24. The van der Waals surface area contributed by atoms with E-state index in [1.807, 2.05) is 4.90 Å². The van der Waals surface area contributed by atoms with Gasteiger partial charge in [0.1, 0.15) is 0 Å². The maximum atomic E-state index is 12.2. The Bertz CT molecular complexity index is 771. The lowest BCUT2D eigenvalue weighted by atomic mass is 10.2. The number of aliphatic carboxylic acids is 1. The van der Waals surface area contributed by atoms with Gasteiger partial charge in [-0.3, -0.25) is 4.79 Å². The summed E-state index contributed by atoms with van der Waals surface area (Å²) in [6.07, 6.45) is 1.73. The Balaban J connectivity index is 1.73. The van der Waals surface area contributed by atoms with E-state index in [0.29, 0.717) is 34.8 Å². The number of ether oxygens (including phenoxy) is 3. The minimum absolute atomic E-state index is 0.276. The van der Waals surface area contributed by atoms with Crippen molar-refractivity contribution in [1.82, 2.24) is 4.90 Å². The van der Waals surface area contributed by atoms with Crippen molar-refractivity contribution in [2.24, 2.45) is 4.99 Å². The third kappa shape index (κ3) is 4.36. The fourth-order valence-electron chi connectivity index (χ4n) is 2.47. The van der Waals surface area contributed by atoms with Crippen molar-refractivity contribution in [2.45, 2.75) is 0 Å². The van der Waals surface area contributed by atoms with Gasteiger partial charge in [-0.15, -0.1) is 0 Å². The first-order valence-corrected chi connectivity index (χ1v) is 8.76. The molecule has 138 valence electrons. The van der Waals surface area contributed by atoms with Gasteiger partial charge in [0.25, 0.3) is 5.91 Å². The third-order valence-electron chi connectivity index (χ3n) is 3.73. The van der Waals surface area contributed by atoms with E-state index in [1.54, 1.807) is 24.3 Å². The number of rotatable bonds is 5. The van der Waals surface area contributed by atoms with Gasteiger partial charge in [-0.2, -0.15) is 4.99 Å². The van der Waals surface area contributed by atoms with E-state index in [1.165, 1.54) is 18.9 Å². The quantitative estimate of drug-likeness (QED) is 0.769. The van der Waals surface area contributed by atoms with Gasteiger partial charge in [0.05, 0.1) is 25.2 Å². The maximum Gasteiger partial charge on any atom is 0.341 e. The van der Waals surface area contributed by atoms with Crippen molar-refractivity contribution in [1.29, 1.82) is 0 Å². The van der Waals surface area contributed by atoms with Crippen LogP contribution in [0.4, 0.5) is 0 Å². The van der Waals surface area contributed by atoms with Gasteiger partial charge in [0.2, 0.25) is 0 Å². The summed E-state index contributed by atoms with van der Waals surface area (Å²) in [5, 5.41) is 9.40. The lowest BCUT2D eigenvalue weighted by Crippen LogP contribution is -2.38. The molecule has 1 saturated heterocycles. The van der Waals surface area contributed by atoms with Crippen LogP contribution in [0, 0.1) is 0 Å². The van der Waals surface area contributed by atoms with E-state index in [2.05, 4.69) is 4.99 Å². The van der Waals surface area contributed by atoms with Gasteiger partial charge in [0, 0.05) is 13.1 Å². The molecular weight excluding hydrogens is 360 g/mol. The number of thioether (sulfide) groups is 1. The maximum absolute atomic E-state index is 12.2. The zero-order valence-electron chi connectivity index (χ0n) is 14.1. The predicted molar refractivity (Wildman–Crippen MR) is 96.5 cm³/mol.